The lowest BCUT2D eigenvalue weighted by Gasteiger charge is -2.30. The van der Waals surface area contributed by atoms with Gasteiger partial charge >= 0.3 is 0 Å². The van der Waals surface area contributed by atoms with Crippen molar-refractivity contribution in [2.75, 3.05) is 13.2 Å². The van der Waals surface area contributed by atoms with E-state index in [1.165, 1.54) is 30.6 Å². The van der Waals surface area contributed by atoms with Crippen molar-refractivity contribution in [3.8, 4) is 0 Å². The minimum absolute atomic E-state index is 0.0805. The Kier molecular flexibility index (Phi) is 5.43. The quantitative estimate of drug-likeness (QED) is 0.800. The smallest absolute Gasteiger partial charge is 0.0750 e. The molecule has 0 radical (unpaired) electrons. The summed E-state index contributed by atoms with van der Waals surface area (Å²) in [5, 5.41) is 5.96. The Balaban J connectivity index is 1.98. The van der Waals surface area contributed by atoms with Gasteiger partial charge in [-0.3, -0.25) is 0 Å². The highest BCUT2D eigenvalue weighted by molar-refractivity contribution is 7.10. The van der Waals surface area contributed by atoms with Gasteiger partial charge in [0, 0.05) is 24.1 Å². The third-order valence-electron chi connectivity index (χ3n) is 4.00. The molecule has 2 nitrogen and oxygen atoms in total. The monoisotopic (exact) mass is 281 g/mol. The number of thiophene rings is 1. The van der Waals surface area contributed by atoms with Crippen LogP contribution in [0.2, 0.25) is 0 Å². The molecule has 1 atom stereocenters. The van der Waals surface area contributed by atoms with Gasteiger partial charge in [-0.2, -0.15) is 0 Å². The van der Waals surface area contributed by atoms with Gasteiger partial charge in [-0.05, 0) is 51.0 Å². The van der Waals surface area contributed by atoms with Crippen molar-refractivity contribution in [3.05, 3.63) is 22.4 Å². The van der Waals surface area contributed by atoms with Gasteiger partial charge in [0.15, 0.2) is 0 Å². The fourth-order valence-corrected chi connectivity index (χ4v) is 3.95. The van der Waals surface area contributed by atoms with E-state index in [1.807, 2.05) is 11.3 Å². The molecule has 1 heterocycles. The van der Waals surface area contributed by atoms with E-state index in [4.69, 9.17) is 4.74 Å². The Bertz CT molecular complexity index is 355. The lowest BCUT2D eigenvalue weighted by molar-refractivity contribution is -0.0118. The van der Waals surface area contributed by atoms with Crippen molar-refractivity contribution in [1.82, 2.24) is 5.32 Å². The fourth-order valence-electron chi connectivity index (χ4n) is 3.06. The van der Waals surface area contributed by atoms with Gasteiger partial charge < -0.3 is 10.1 Å². The van der Waals surface area contributed by atoms with Crippen LogP contribution in [-0.4, -0.2) is 18.8 Å². The van der Waals surface area contributed by atoms with Gasteiger partial charge in [0.25, 0.3) is 0 Å². The molecule has 1 saturated carbocycles. The maximum Gasteiger partial charge on any atom is 0.0750 e. The Morgan fingerprint density at radius 2 is 2.16 bits per heavy atom. The Labute approximate surface area is 121 Å². The Hall–Kier alpha value is -0.380. The molecule has 1 fully saturated rings. The highest BCUT2D eigenvalue weighted by Gasteiger charge is 2.28. The van der Waals surface area contributed by atoms with E-state index in [9.17, 15) is 0 Å². The third kappa shape index (κ3) is 4.30. The summed E-state index contributed by atoms with van der Waals surface area (Å²) < 4.78 is 5.80. The topological polar surface area (TPSA) is 21.3 Å². The molecular formula is C16H27NOS. The van der Waals surface area contributed by atoms with Crippen LogP contribution in [0.25, 0.3) is 0 Å². The maximum absolute atomic E-state index is 5.80. The number of ether oxygens (including phenoxy) is 1. The third-order valence-corrected chi connectivity index (χ3v) is 4.96. The van der Waals surface area contributed by atoms with Crippen molar-refractivity contribution in [1.29, 1.82) is 0 Å². The molecule has 0 aromatic carbocycles. The van der Waals surface area contributed by atoms with Gasteiger partial charge in [-0.1, -0.05) is 18.9 Å². The van der Waals surface area contributed by atoms with Crippen LogP contribution in [0.15, 0.2) is 17.5 Å². The molecule has 0 bridgehead atoms. The summed E-state index contributed by atoms with van der Waals surface area (Å²) in [5.74, 6) is 0.802. The average molecular weight is 281 g/mol. The molecule has 1 aliphatic carbocycles. The molecule has 1 N–H and O–H groups in total. The summed E-state index contributed by atoms with van der Waals surface area (Å²) in [7, 11) is 0. The van der Waals surface area contributed by atoms with Gasteiger partial charge in [0.2, 0.25) is 0 Å². The van der Waals surface area contributed by atoms with E-state index < -0.39 is 0 Å². The first kappa shape index (κ1) is 15.0. The molecule has 1 aromatic rings. The highest BCUT2D eigenvalue weighted by atomic mass is 32.1. The summed E-state index contributed by atoms with van der Waals surface area (Å²) in [6.07, 6.45) is 5.52. The van der Waals surface area contributed by atoms with Gasteiger partial charge in [-0.25, -0.2) is 0 Å². The van der Waals surface area contributed by atoms with Crippen molar-refractivity contribution < 1.29 is 4.74 Å². The van der Waals surface area contributed by atoms with E-state index in [-0.39, 0.29) is 5.60 Å². The maximum atomic E-state index is 5.80. The number of nitrogens with one attached hydrogen (secondary N) is 1. The SMILES string of the molecule is CCOC(C)(C)CNC(c1cccs1)C1CCCC1. The van der Waals surface area contributed by atoms with Crippen LogP contribution in [-0.2, 0) is 4.74 Å². The first-order valence-electron chi connectivity index (χ1n) is 7.53. The summed E-state index contributed by atoms with van der Waals surface area (Å²) in [6.45, 7) is 8.10. The van der Waals surface area contributed by atoms with Crippen LogP contribution in [0.1, 0.15) is 57.4 Å². The second-order valence-corrected chi connectivity index (χ2v) is 7.09. The van der Waals surface area contributed by atoms with E-state index in [1.54, 1.807) is 0 Å². The highest BCUT2D eigenvalue weighted by Crippen LogP contribution is 2.37. The van der Waals surface area contributed by atoms with Crippen LogP contribution in [0.5, 0.6) is 0 Å². The molecule has 0 aliphatic heterocycles. The summed E-state index contributed by atoms with van der Waals surface area (Å²) >= 11 is 1.88. The number of hydrogen-bond acceptors (Lipinski definition) is 3. The molecule has 1 aromatic heterocycles. The predicted octanol–water partition coefficient (Wildman–Crippen LogP) is 4.38. The average Bonchev–Trinajstić information content (AvgIpc) is 3.01. The molecule has 108 valence electrons. The van der Waals surface area contributed by atoms with Crippen molar-refractivity contribution >= 4 is 11.3 Å². The van der Waals surface area contributed by atoms with E-state index >= 15 is 0 Å². The largest absolute Gasteiger partial charge is 0.375 e. The minimum Gasteiger partial charge on any atom is -0.375 e. The van der Waals surface area contributed by atoms with Crippen LogP contribution >= 0.6 is 11.3 Å². The Morgan fingerprint density at radius 3 is 2.74 bits per heavy atom. The number of rotatable bonds is 7. The first-order valence-corrected chi connectivity index (χ1v) is 8.41. The molecule has 19 heavy (non-hydrogen) atoms. The molecule has 0 saturated heterocycles. The number of hydrogen-bond donors (Lipinski definition) is 1. The summed E-state index contributed by atoms with van der Waals surface area (Å²) in [5.41, 5.74) is -0.0805. The summed E-state index contributed by atoms with van der Waals surface area (Å²) in [6, 6.07) is 4.95. The lowest BCUT2D eigenvalue weighted by atomic mass is 9.96. The zero-order valence-corrected chi connectivity index (χ0v) is 13.3. The van der Waals surface area contributed by atoms with E-state index in [0.717, 1.165) is 19.1 Å². The van der Waals surface area contributed by atoms with Crippen LogP contribution < -0.4 is 5.32 Å². The normalized spacial score (nSPS) is 18.9. The molecule has 1 unspecified atom stereocenters. The van der Waals surface area contributed by atoms with E-state index in [0.29, 0.717) is 6.04 Å². The van der Waals surface area contributed by atoms with Crippen molar-refractivity contribution in [2.24, 2.45) is 5.92 Å². The molecular weight excluding hydrogens is 254 g/mol. The van der Waals surface area contributed by atoms with Gasteiger partial charge in [0.1, 0.15) is 0 Å². The zero-order chi connectivity index (χ0) is 13.7. The second-order valence-electron chi connectivity index (χ2n) is 6.11. The standard InChI is InChI=1S/C16H27NOS/c1-4-18-16(2,3)12-17-15(13-8-5-6-9-13)14-10-7-11-19-14/h7,10-11,13,15,17H,4-6,8-9,12H2,1-3H3. The second kappa shape index (κ2) is 6.87. The van der Waals surface area contributed by atoms with Gasteiger partial charge in [-0.15, -0.1) is 11.3 Å². The van der Waals surface area contributed by atoms with E-state index in [2.05, 4.69) is 43.6 Å². The van der Waals surface area contributed by atoms with Crippen LogP contribution in [0.4, 0.5) is 0 Å². The minimum atomic E-state index is -0.0805. The Morgan fingerprint density at radius 1 is 1.42 bits per heavy atom. The van der Waals surface area contributed by atoms with Crippen LogP contribution in [0.3, 0.4) is 0 Å². The van der Waals surface area contributed by atoms with Crippen molar-refractivity contribution in [3.63, 3.8) is 0 Å². The lowest BCUT2D eigenvalue weighted by Crippen LogP contribution is -2.40. The van der Waals surface area contributed by atoms with Gasteiger partial charge in [0.05, 0.1) is 5.60 Å². The molecule has 2 rings (SSSR count). The fraction of sp³-hybridized carbons (Fsp3) is 0.750. The zero-order valence-electron chi connectivity index (χ0n) is 12.4. The predicted molar refractivity (Wildman–Crippen MR) is 82.7 cm³/mol. The summed E-state index contributed by atoms with van der Waals surface area (Å²) in [4.78, 5) is 1.49. The van der Waals surface area contributed by atoms with Crippen LogP contribution in [0, 0.1) is 5.92 Å². The molecule has 1 aliphatic rings. The molecule has 3 heteroatoms. The molecule has 0 amide bonds. The molecule has 0 spiro atoms. The van der Waals surface area contributed by atoms with Crippen molar-refractivity contribution in [2.45, 2.75) is 58.1 Å². The first-order chi connectivity index (χ1) is 9.12.